The highest BCUT2D eigenvalue weighted by molar-refractivity contribution is 8.13. The van der Waals surface area contributed by atoms with Gasteiger partial charge in [0.2, 0.25) is 5.91 Å². The number of thioether (sulfide) groups is 1. The van der Waals surface area contributed by atoms with Crippen LogP contribution in [0.4, 0.5) is 5.69 Å². The number of hydrogen-bond donors (Lipinski definition) is 1. The van der Waals surface area contributed by atoms with Gasteiger partial charge in [0.1, 0.15) is 0 Å². The molecule has 1 saturated carbocycles. The van der Waals surface area contributed by atoms with E-state index in [4.69, 9.17) is 9.47 Å². The van der Waals surface area contributed by atoms with Crippen LogP contribution in [0.15, 0.2) is 36.4 Å². The minimum atomic E-state index is -0.260. The molecule has 7 nitrogen and oxygen atoms in total. The molecule has 1 aliphatic carbocycles. The summed E-state index contributed by atoms with van der Waals surface area (Å²) in [5.41, 5.74) is 2.93. The summed E-state index contributed by atoms with van der Waals surface area (Å²) in [6.07, 6.45) is 2.40. The van der Waals surface area contributed by atoms with Gasteiger partial charge in [-0.15, -0.1) is 0 Å². The van der Waals surface area contributed by atoms with Crippen LogP contribution in [0, 0.1) is 5.92 Å². The molecule has 0 saturated heterocycles. The van der Waals surface area contributed by atoms with Gasteiger partial charge in [0.25, 0.3) is 5.91 Å². The number of nitrogens with one attached hydrogen (secondary N) is 1. The maximum atomic E-state index is 13.7. The van der Waals surface area contributed by atoms with Crippen LogP contribution in [0.5, 0.6) is 11.5 Å². The first-order chi connectivity index (χ1) is 16.4. The first kappa shape index (κ1) is 24.1. The van der Waals surface area contributed by atoms with E-state index in [0.717, 1.165) is 24.0 Å². The Bertz CT molecular complexity index is 1100. The van der Waals surface area contributed by atoms with E-state index in [9.17, 15) is 14.4 Å². The molecule has 2 amide bonds. The fourth-order valence-corrected chi connectivity index (χ4v) is 4.93. The molecule has 8 heteroatoms. The van der Waals surface area contributed by atoms with Crippen molar-refractivity contribution in [1.29, 1.82) is 0 Å². The fraction of sp³-hybridized carbons (Fsp3) is 0.423. The Labute approximate surface area is 204 Å². The molecule has 0 bridgehead atoms. The third-order valence-electron chi connectivity index (χ3n) is 6.12. The van der Waals surface area contributed by atoms with E-state index >= 15 is 0 Å². The molecule has 0 spiro atoms. The number of amides is 2. The highest BCUT2D eigenvalue weighted by atomic mass is 32.2. The molecule has 1 aliphatic heterocycles. The maximum Gasteiger partial charge on any atom is 0.257 e. The van der Waals surface area contributed by atoms with E-state index in [1.165, 1.54) is 11.8 Å². The van der Waals surface area contributed by atoms with Gasteiger partial charge in [-0.05, 0) is 55.5 Å². The van der Waals surface area contributed by atoms with Crippen molar-refractivity contribution in [3.63, 3.8) is 0 Å². The number of rotatable bonds is 10. The molecule has 34 heavy (non-hydrogen) atoms. The Kier molecular flexibility index (Phi) is 7.46. The number of fused-ring (bicyclic) bond motifs is 1. The Morgan fingerprint density at radius 3 is 2.68 bits per heavy atom. The average Bonchev–Trinajstić information content (AvgIpc) is 3.61. The Morgan fingerprint density at radius 1 is 1.21 bits per heavy atom. The molecule has 0 radical (unpaired) electrons. The zero-order valence-electron chi connectivity index (χ0n) is 19.8. The summed E-state index contributed by atoms with van der Waals surface area (Å²) >= 11 is 1.25. The first-order valence-corrected chi connectivity index (χ1v) is 12.6. The highest BCUT2D eigenvalue weighted by Gasteiger charge is 2.37. The fourth-order valence-electron chi connectivity index (χ4n) is 4.31. The van der Waals surface area contributed by atoms with Crippen LogP contribution in [0.1, 0.15) is 60.6 Å². The van der Waals surface area contributed by atoms with Crippen molar-refractivity contribution in [2.75, 3.05) is 24.8 Å². The minimum Gasteiger partial charge on any atom is -0.493 e. The molecule has 1 heterocycles. The highest BCUT2D eigenvalue weighted by Crippen LogP contribution is 2.40. The molecular weight excluding hydrogens is 452 g/mol. The number of carbonyl (C=O) groups excluding carboxylic acids is 3. The lowest BCUT2D eigenvalue weighted by Crippen LogP contribution is -2.30. The summed E-state index contributed by atoms with van der Waals surface area (Å²) in [4.78, 5) is 39.5. The number of carbonyl (C=O) groups is 3. The quantitative estimate of drug-likeness (QED) is 0.523. The van der Waals surface area contributed by atoms with Crippen molar-refractivity contribution in [1.82, 2.24) is 4.90 Å². The average molecular weight is 483 g/mol. The third kappa shape index (κ3) is 5.22. The zero-order valence-corrected chi connectivity index (χ0v) is 20.6. The van der Waals surface area contributed by atoms with Gasteiger partial charge in [-0.25, -0.2) is 0 Å². The van der Waals surface area contributed by atoms with Gasteiger partial charge in [-0.2, -0.15) is 0 Å². The number of hydrogen-bond acceptors (Lipinski definition) is 6. The summed E-state index contributed by atoms with van der Waals surface area (Å²) in [6, 6.07) is 11.0. The van der Waals surface area contributed by atoms with Crippen LogP contribution in [-0.4, -0.2) is 41.3 Å². The summed E-state index contributed by atoms with van der Waals surface area (Å²) in [7, 11) is 1.59. The van der Waals surface area contributed by atoms with Crippen molar-refractivity contribution in [3.05, 3.63) is 53.1 Å². The zero-order chi connectivity index (χ0) is 24.2. The second-order valence-electron chi connectivity index (χ2n) is 8.52. The summed E-state index contributed by atoms with van der Waals surface area (Å²) in [5, 5.41) is 3.01. The van der Waals surface area contributed by atoms with Crippen molar-refractivity contribution in [2.45, 2.75) is 45.7 Å². The van der Waals surface area contributed by atoms with Gasteiger partial charge < -0.3 is 19.7 Å². The Morgan fingerprint density at radius 2 is 2.00 bits per heavy atom. The van der Waals surface area contributed by atoms with E-state index in [-0.39, 0.29) is 28.9 Å². The smallest absolute Gasteiger partial charge is 0.257 e. The molecule has 2 aliphatic rings. The van der Waals surface area contributed by atoms with E-state index in [1.807, 2.05) is 42.2 Å². The molecule has 180 valence electrons. The van der Waals surface area contributed by atoms with Gasteiger partial charge in [-0.3, -0.25) is 14.4 Å². The van der Waals surface area contributed by atoms with Gasteiger partial charge in [0, 0.05) is 25.1 Å². The Hall–Kier alpha value is -3.00. The predicted molar refractivity (Wildman–Crippen MR) is 132 cm³/mol. The Balaban J connectivity index is 1.65. The predicted octanol–water partition coefficient (Wildman–Crippen LogP) is 4.81. The van der Waals surface area contributed by atoms with Crippen LogP contribution in [-0.2, 0) is 16.1 Å². The molecule has 0 aromatic heterocycles. The van der Waals surface area contributed by atoms with Crippen molar-refractivity contribution in [2.24, 2.45) is 5.92 Å². The van der Waals surface area contributed by atoms with E-state index in [2.05, 4.69) is 5.32 Å². The molecule has 1 N–H and O–H groups in total. The lowest BCUT2D eigenvalue weighted by molar-refractivity contribution is -0.117. The molecule has 2 aromatic carbocycles. The molecule has 4 rings (SSSR count). The normalized spacial score (nSPS) is 15.6. The SMILES string of the molecule is CCOc1cc([C@@H](CCSC(C)=O)N2Cc3cccc(NC(=O)C4CC4)c3C2=O)ccc1OC. The van der Waals surface area contributed by atoms with E-state index in [1.54, 1.807) is 20.1 Å². The van der Waals surface area contributed by atoms with Gasteiger partial charge in [0.05, 0.1) is 31.0 Å². The largest absolute Gasteiger partial charge is 0.493 e. The van der Waals surface area contributed by atoms with Crippen LogP contribution in [0.2, 0.25) is 0 Å². The summed E-state index contributed by atoms with van der Waals surface area (Å²) in [6.45, 7) is 4.38. The number of benzene rings is 2. The molecule has 0 unspecified atom stereocenters. The van der Waals surface area contributed by atoms with Gasteiger partial charge >= 0.3 is 0 Å². The van der Waals surface area contributed by atoms with Crippen LogP contribution >= 0.6 is 11.8 Å². The minimum absolute atomic E-state index is 0.0226. The van der Waals surface area contributed by atoms with E-state index in [0.29, 0.717) is 48.1 Å². The number of ether oxygens (including phenoxy) is 2. The van der Waals surface area contributed by atoms with Crippen LogP contribution in [0.25, 0.3) is 0 Å². The van der Waals surface area contributed by atoms with Crippen molar-refractivity contribution >= 4 is 34.4 Å². The second-order valence-corrected chi connectivity index (χ2v) is 9.80. The molecule has 1 fully saturated rings. The lowest BCUT2D eigenvalue weighted by atomic mass is 10.0. The molecule has 1 atom stereocenters. The van der Waals surface area contributed by atoms with Crippen LogP contribution < -0.4 is 14.8 Å². The van der Waals surface area contributed by atoms with Crippen molar-refractivity contribution < 1.29 is 23.9 Å². The summed E-state index contributed by atoms with van der Waals surface area (Å²) in [5.74, 6) is 1.74. The first-order valence-electron chi connectivity index (χ1n) is 11.6. The van der Waals surface area contributed by atoms with Crippen LogP contribution in [0.3, 0.4) is 0 Å². The lowest BCUT2D eigenvalue weighted by Gasteiger charge is -2.29. The molecular formula is C26H30N2O5S. The number of nitrogens with zero attached hydrogens (tertiary/aromatic N) is 1. The molecule has 2 aromatic rings. The second kappa shape index (κ2) is 10.5. The number of methoxy groups -OCH3 is 1. The van der Waals surface area contributed by atoms with Crippen molar-refractivity contribution in [3.8, 4) is 11.5 Å². The topological polar surface area (TPSA) is 84.9 Å². The standard InChI is InChI=1S/C26H30N2O5S/c1-4-33-23-14-18(10-11-22(23)32-3)21(12-13-34-16(2)29)28-15-19-6-5-7-20(24(19)26(28)31)27-25(30)17-8-9-17/h5-7,10-11,14,17,21H,4,8-9,12-13,15H2,1-3H3,(H,27,30)/t21-/m1/s1. The monoisotopic (exact) mass is 482 g/mol. The van der Waals surface area contributed by atoms with Gasteiger partial charge in [0.15, 0.2) is 16.6 Å². The van der Waals surface area contributed by atoms with Gasteiger partial charge in [-0.1, -0.05) is 30.0 Å². The number of anilines is 1. The van der Waals surface area contributed by atoms with E-state index < -0.39 is 0 Å². The maximum absolute atomic E-state index is 13.7. The third-order valence-corrected chi connectivity index (χ3v) is 6.96. The summed E-state index contributed by atoms with van der Waals surface area (Å²) < 4.78 is 11.2.